The average molecular weight is 493 g/mol. The Kier molecular flexibility index (Phi) is 6.81. The number of nitrogens with one attached hydrogen (secondary N) is 1. The van der Waals surface area contributed by atoms with Gasteiger partial charge in [0.15, 0.2) is 11.5 Å². The van der Waals surface area contributed by atoms with Crippen LogP contribution in [0.3, 0.4) is 0 Å². The van der Waals surface area contributed by atoms with E-state index >= 15 is 0 Å². The lowest BCUT2D eigenvalue weighted by Crippen LogP contribution is -2.23. The van der Waals surface area contributed by atoms with Crippen LogP contribution in [0.5, 0.6) is 11.5 Å². The molecule has 1 heterocycles. The highest BCUT2D eigenvalue weighted by Crippen LogP contribution is 2.29. The largest absolute Gasteiger partial charge is 0.493 e. The molecule has 0 radical (unpaired) electrons. The summed E-state index contributed by atoms with van der Waals surface area (Å²) in [7, 11) is 1.59. The Hall–Kier alpha value is -3.65. The number of methoxy groups -OCH3 is 1. The molecule has 8 heteroatoms. The molecular formula is C24H21BrN4O3. The number of benzene rings is 3. The number of carbonyl (C=O) groups is 1. The van der Waals surface area contributed by atoms with Crippen LogP contribution in [0.1, 0.15) is 11.1 Å². The normalized spacial score (nSPS) is 11.1. The van der Waals surface area contributed by atoms with Crippen molar-refractivity contribution < 1.29 is 14.3 Å². The molecule has 0 atom stereocenters. The molecule has 0 saturated carbocycles. The van der Waals surface area contributed by atoms with Crippen molar-refractivity contribution in [2.24, 2.45) is 5.10 Å². The molecule has 0 unspecified atom stereocenters. The van der Waals surface area contributed by atoms with Crippen molar-refractivity contribution in [1.82, 2.24) is 15.2 Å². The van der Waals surface area contributed by atoms with Crippen LogP contribution < -0.4 is 14.9 Å². The Bertz CT molecular complexity index is 1260. The van der Waals surface area contributed by atoms with Crippen LogP contribution in [0.15, 0.2) is 82.6 Å². The number of hydrogen-bond donors (Lipinski definition) is 1. The molecule has 4 aromatic rings. The summed E-state index contributed by atoms with van der Waals surface area (Å²) in [6.07, 6.45) is 4.88. The molecule has 0 bridgehead atoms. The zero-order chi connectivity index (χ0) is 22.3. The lowest BCUT2D eigenvalue weighted by Gasteiger charge is -2.12. The molecular weight excluding hydrogens is 472 g/mol. The van der Waals surface area contributed by atoms with Gasteiger partial charge in [-0.3, -0.25) is 9.48 Å². The van der Waals surface area contributed by atoms with Gasteiger partial charge in [-0.2, -0.15) is 10.2 Å². The second kappa shape index (κ2) is 10.1. The molecule has 4 rings (SSSR count). The third-order valence-corrected chi connectivity index (χ3v) is 5.17. The molecule has 0 aliphatic heterocycles. The molecule has 1 N–H and O–H groups in total. The first-order valence-electron chi connectivity index (χ1n) is 9.90. The third-order valence-electron chi connectivity index (χ3n) is 4.76. The summed E-state index contributed by atoms with van der Waals surface area (Å²) in [5.41, 5.74) is 4.35. The predicted octanol–water partition coefficient (Wildman–Crippen LogP) is 4.54. The Morgan fingerprint density at radius 3 is 2.81 bits per heavy atom. The van der Waals surface area contributed by atoms with Crippen molar-refractivity contribution >= 4 is 38.8 Å². The van der Waals surface area contributed by atoms with Crippen molar-refractivity contribution in [3.63, 3.8) is 0 Å². The second-order valence-electron chi connectivity index (χ2n) is 6.99. The molecule has 32 heavy (non-hydrogen) atoms. The van der Waals surface area contributed by atoms with E-state index in [1.165, 1.54) is 10.1 Å². The minimum Gasteiger partial charge on any atom is -0.493 e. The standard InChI is InChI=1S/C24H21BrN4O3/c1-31-23-11-17(12-26-28-24(30)15-29-14-20(25)13-27-29)9-10-22(23)32-16-19-7-4-6-18-5-2-3-8-21(18)19/h2-14H,15-16H2,1H3,(H,28,30). The maximum atomic E-state index is 12.0. The van der Waals surface area contributed by atoms with E-state index in [-0.39, 0.29) is 12.5 Å². The van der Waals surface area contributed by atoms with Crippen molar-refractivity contribution in [3.8, 4) is 11.5 Å². The zero-order valence-electron chi connectivity index (χ0n) is 17.4. The fourth-order valence-corrected chi connectivity index (χ4v) is 3.57. The molecule has 1 amide bonds. The van der Waals surface area contributed by atoms with Crippen LogP contribution in [0.25, 0.3) is 10.8 Å². The average Bonchev–Trinajstić information content (AvgIpc) is 3.22. The SMILES string of the molecule is COc1cc(C=NNC(=O)Cn2cc(Br)cn2)ccc1OCc1cccc2ccccc12. The quantitative estimate of drug-likeness (QED) is 0.289. The van der Waals surface area contributed by atoms with Crippen LogP contribution in [-0.2, 0) is 17.9 Å². The molecule has 7 nitrogen and oxygen atoms in total. The number of hydrazone groups is 1. The highest BCUT2D eigenvalue weighted by molar-refractivity contribution is 9.10. The van der Waals surface area contributed by atoms with Crippen molar-refractivity contribution in [1.29, 1.82) is 0 Å². The Labute approximate surface area is 193 Å². The van der Waals surface area contributed by atoms with E-state index in [0.717, 1.165) is 21.0 Å². The summed E-state index contributed by atoms with van der Waals surface area (Å²) in [6.45, 7) is 0.498. The van der Waals surface area contributed by atoms with Crippen LogP contribution >= 0.6 is 15.9 Å². The van der Waals surface area contributed by atoms with Gasteiger partial charge >= 0.3 is 0 Å². The monoisotopic (exact) mass is 492 g/mol. The third kappa shape index (κ3) is 5.33. The summed E-state index contributed by atoms with van der Waals surface area (Å²) < 4.78 is 13.8. The first-order chi connectivity index (χ1) is 15.6. The lowest BCUT2D eigenvalue weighted by molar-refractivity contribution is -0.121. The zero-order valence-corrected chi connectivity index (χ0v) is 19.0. The highest BCUT2D eigenvalue weighted by atomic mass is 79.9. The summed E-state index contributed by atoms with van der Waals surface area (Å²) >= 11 is 3.29. The van der Waals surface area contributed by atoms with E-state index in [4.69, 9.17) is 9.47 Å². The molecule has 0 saturated heterocycles. The minimum atomic E-state index is -0.279. The summed E-state index contributed by atoms with van der Waals surface area (Å²) in [6, 6.07) is 19.9. The Morgan fingerprint density at radius 2 is 2.00 bits per heavy atom. The van der Waals surface area contributed by atoms with Gasteiger partial charge in [0.05, 0.1) is 24.0 Å². The van der Waals surface area contributed by atoms with Crippen LogP contribution in [0, 0.1) is 0 Å². The predicted molar refractivity (Wildman–Crippen MR) is 127 cm³/mol. The number of fused-ring (bicyclic) bond motifs is 1. The first kappa shape index (κ1) is 21.6. The van der Waals surface area contributed by atoms with Gasteiger partial charge in [-0.05, 0) is 56.0 Å². The van der Waals surface area contributed by atoms with Crippen LogP contribution in [0.4, 0.5) is 0 Å². The van der Waals surface area contributed by atoms with Crippen molar-refractivity contribution in [3.05, 3.63) is 88.7 Å². The Balaban J connectivity index is 1.39. The first-order valence-corrected chi connectivity index (χ1v) is 10.7. The topological polar surface area (TPSA) is 77.7 Å². The number of ether oxygens (including phenoxy) is 2. The van der Waals surface area contributed by atoms with E-state index in [0.29, 0.717) is 18.1 Å². The number of hydrogen-bond acceptors (Lipinski definition) is 5. The lowest BCUT2D eigenvalue weighted by atomic mass is 10.1. The maximum Gasteiger partial charge on any atom is 0.261 e. The van der Waals surface area contributed by atoms with Crippen molar-refractivity contribution in [2.75, 3.05) is 7.11 Å². The molecule has 3 aromatic carbocycles. The molecule has 0 aliphatic rings. The van der Waals surface area contributed by atoms with Gasteiger partial charge in [0.1, 0.15) is 13.2 Å². The number of rotatable bonds is 8. The van der Waals surface area contributed by atoms with Gasteiger partial charge in [0.25, 0.3) is 5.91 Å². The molecule has 0 fully saturated rings. The molecule has 1 aromatic heterocycles. The minimum absolute atomic E-state index is 0.0766. The van der Waals surface area contributed by atoms with Crippen LogP contribution in [-0.4, -0.2) is 29.0 Å². The maximum absolute atomic E-state index is 12.0. The number of halogens is 1. The van der Waals surface area contributed by atoms with E-state index in [9.17, 15) is 4.79 Å². The summed E-state index contributed by atoms with van der Waals surface area (Å²) in [4.78, 5) is 12.0. The van der Waals surface area contributed by atoms with E-state index in [1.807, 2.05) is 30.3 Å². The van der Waals surface area contributed by atoms with Gasteiger partial charge in [0, 0.05) is 6.20 Å². The van der Waals surface area contributed by atoms with E-state index in [2.05, 4.69) is 55.8 Å². The van der Waals surface area contributed by atoms with Crippen LogP contribution in [0.2, 0.25) is 0 Å². The molecule has 0 aliphatic carbocycles. The fourth-order valence-electron chi connectivity index (χ4n) is 3.24. The van der Waals surface area contributed by atoms with E-state index < -0.39 is 0 Å². The van der Waals surface area contributed by atoms with Gasteiger partial charge < -0.3 is 9.47 Å². The Morgan fingerprint density at radius 1 is 1.16 bits per heavy atom. The van der Waals surface area contributed by atoms with Gasteiger partial charge in [-0.1, -0.05) is 42.5 Å². The second-order valence-corrected chi connectivity index (χ2v) is 7.90. The number of carbonyl (C=O) groups excluding carboxylic acids is 1. The number of aromatic nitrogens is 2. The van der Waals surface area contributed by atoms with Gasteiger partial charge in [0.2, 0.25) is 0 Å². The van der Waals surface area contributed by atoms with Gasteiger partial charge in [-0.25, -0.2) is 5.43 Å². The van der Waals surface area contributed by atoms with E-state index in [1.54, 1.807) is 31.8 Å². The molecule has 162 valence electrons. The number of amides is 1. The number of nitrogens with zero attached hydrogens (tertiary/aromatic N) is 3. The smallest absolute Gasteiger partial charge is 0.261 e. The van der Waals surface area contributed by atoms with Crippen molar-refractivity contribution in [2.45, 2.75) is 13.2 Å². The van der Waals surface area contributed by atoms with Gasteiger partial charge in [-0.15, -0.1) is 0 Å². The highest BCUT2D eigenvalue weighted by Gasteiger charge is 2.08. The molecule has 0 spiro atoms. The summed E-state index contributed by atoms with van der Waals surface area (Å²) in [5.74, 6) is 0.937. The summed E-state index contributed by atoms with van der Waals surface area (Å²) in [5, 5.41) is 10.4. The fraction of sp³-hybridized carbons (Fsp3) is 0.125.